The number of cyclic esters (lactones) is 1. The number of carbonyl (C=O) groups is 5. The number of rotatable bonds is 10. The van der Waals surface area contributed by atoms with Gasteiger partial charge in [-0.1, -0.05) is 107 Å². The molecular weight excluding hydrogens is 1130 g/mol. The number of nitrogens with zero attached hydrogens (tertiary/aromatic N) is 2. The lowest BCUT2D eigenvalue weighted by Crippen LogP contribution is -2.62. The molecule has 470 valence electrons. The maximum atomic E-state index is 14.8. The minimum atomic E-state index is -4.73. The first-order chi connectivity index (χ1) is 40.7. The molecule has 0 spiro atoms. The summed E-state index contributed by atoms with van der Waals surface area (Å²) in [6, 6.07) is 11.4. The SMILES string of the molecule is CO[C@@H]1C[C@@H](CC(C)[C@@H]2CC(=O)[C@H](C)/C=C(\C)[C@@H](O)[C@@H](OC)C(=O)[C@H](C)C[C@H](C)/C=C/C=C/C=C(/C)C[C@H](Nc3ccc(S/C(N)=C(\C#N)c4ccccc4C(F)(F)F)cc3)[C@@H]3CC[C@@H](C)[C@@](O)(O3)C(=O)C(=O)N3CCCC[C@H]3C(=O)O2)CC[C@H]1O. The Hall–Kier alpha value is -5.92. The number of nitriles is 1. The van der Waals surface area contributed by atoms with Crippen LogP contribution in [-0.4, -0.2) is 125 Å². The number of ether oxygens (including phenoxy) is 4. The van der Waals surface area contributed by atoms with Gasteiger partial charge in [-0.3, -0.25) is 19.2 Å². The van der Waals surface area contributed by atoms with Crippen molar-refractivity contribution in [3.05, 3.63) is 112 Å². The Labute approximate surface area is 508 Å². The van der Waals surface area contributed by atoms with E-state index in [1.165, 1.54) is 25.3 Å². The summed E-state index contributed by atoms with van der Waals surface area (Å²) in [5.41, 5.74) is 6.40. The Balaban J connectivity index is 1.34. The zero-order chi connectivity index (χ0) is 63.2. The van der Waals surface area contributed by atoms with E-state index in [0.717, 1.165) is 28.3 Å². The van der Waals surface area contributed by atoms with Gasteiger partial charge >= 0.3 is 12.1 Å². The second kappa shape index (κ2) is 31.3. The van der Waals surface area contributed by atoms with Crippen LogP contribution in [0.15, 0.2) is 106 Å². The topological polar surface area (TPSA) is 248 Å². The van der Waals surface area contributed by atoms with Crippen molar-refractivity contribution in [2.45, 2.75) is 191 Å². The number of alkyl halides is 3. The average molecular weight is 1220 g/mol. The number of aliphatic hydroxyl groups is 3. The van der Waals surface area contributed by atoms with E-state index in [-0.39, 0.29) is 65.4 Å². The number of hydrogen-bond acceptors (Lipinski definition) is 16. The smallest absolute Gasteiger partial charge is 0.417 e. The molecule has 86 heavy (non-hydrogen) atoms. The van der Waals surface area contributed by atoms with Gasteiger partial charge in [0.15, 0.2) is 5.78 Å². The number of ketones is 3. The fraction of sp³-hybridized carbons (Fsp3) is 0.576. The summed E-state index contributed by atoms with van der Waals surface area (Å²) in [5, 5.41) is 48.0. The number of Topliss-reactive ketones (excluding diaryl/α,β-unsaturated/α-hetero) is 3. The number of amides is 1. The number of nitrogens with two attached hydrogens (primary N) is 1. The standard InChI is InChI=1S/C66H87F3N4O12S/c1-38-17-11-10-12-18-39(2)32-51(72-46-24-26-47(27-25-46)86-62(71)49(37-70)48-19-13-14-20-50(48)66(67,68)69)55-29-22-44(7)65(81,85-55)61(78)63(79)73-30-16-15-21-52(73)64(80)84-56(41(4)34-45-23-28-53(74)57(35-45)82-8)36-54(75)40(3)33-43(6)59(77)60(83-9)58(76)42(5)31-38/h10-14,17-20,24-27,33,38,40-42,44-45,51-53,55-57,59-60,72,74,77,81H,15-16,21-23,28-32,34-36,71H2,1-9H3/b12-10+,17-11+,39-18-,43-33+,62-49+/t38-,40-,41?,42-,44-,45-,51+,52+,53-,55+,56+,57-,59-,60+,65-/m1/s1. The first kappa shape index (κ1) is 69.2. The molecule has 1 amide bonds. The molecule has 2 saturated heterocycles. The second-order valence-electron chi connectivity index (χ2n) is 24.1. The van der Waals surface area contributed by atoms with Gasteiger partial charge < -0.3 is 50.2 Å². The molecule has 1 saturated carbocycles. The van der Waals surface area contributed by atoms with Crippen LogP contribution in [0.1, 0.15) is 137 Å². The van der Waals surface area contributed by atoms with Gasteiger partial charge in [0.05, 0.1) is 40.5 Å². The largest absolute Gasteiger partial charge is 0.460 e. The number of benzene rings is 2. The molecule has 2 bridgehead atoms. The molecule has 16 nitrogen and oxygen atoms in total. The van der Waals surface area contributed by atoms with Gasteiger partial charge in [-0.2, -0.15) is 18.4 Å². The lowest BCUT2D eigenvalue weighted by Gasteiger charge is -2.44. The van der Waals surface area contributed by atoms with Crippen molar-refractivity contribution < 1.29 is 71.4 Å². The number of thioether (sulfide) groups is 1. The number of hydrogen-bond donors (Lipinski definition) is 5. The number of carbonyl (C=O) groups excluding carboxylic acids is 5. The van der Waals surface area contributed by atoms with Crippen LogP contribution in [0.3, 0.4) is 0 Å². The van der Waals surface area contributed by atoms with E-state index in [2.05, 4.69) is 5.32 Å². The zero-order valence-electron chi connectivity index (χ0n) is 50.9. The van der Waals surface area contributed by atoms with Crippen LogP contribution in [0.25, 0.3) is 5.57 Å². The average Bonchev–Trinajstić information content (AvgIpc) is 1.11. The maximum Gasteiger partial charge on any atom is 0.417 e. The van der Waals surface area contributed by atoms with Gasteiger partial charge in [-0.05, 0) is 138 Å². The summed E-state index contributed by atoms with van der Waals surface area (Å²) in [4.78, 5) is 74.0. The van der Waals surface area contributed by atoms with Crippen LogP contribution >= 0.6 is 11.8 Å². The molecule has 1 unspecified atom stereocenters. The molecule has 0 aromatic heterocycles. The third-order valence-electron chi connectivity index (χ3n) is 17.5. The molecule has 2 aromatic rings. The fourth-order valence-electron chi connectivity index (χ4n) is 12.3. The molecule has 20 heteroatoms. The molecule has 3 fully saturated rings. The number of esters is 1. The minimum absolute atomic E-state index is 0.00243. The van der Waals surface area contributed by atoms with Crippen molar-refractivity contribution in [1.29, 1.82) is 5.26 Å². The molecule has 6 N–H and O–H groups in total. The predicted octanol–water partition coefficient (Wildman–Crippen LogP) is 10.6. The third-order valence-corrected chi connectivity index (χ3v) is 18.4. The number of fused-ring (bicyclic) bond motifs is 3. The summed E-state index contributed by atoms with van der Waals surface area (Å²) < 4.78 is 65.9. The highest BCUT2D eigenvalue weighted by Gasteiger charge is 2.54. The van der Waals surface area contributed by atoms with Crippen molar-refractivity contribution in [2.75, 3.05) is 26.1 Å². The van der Waals surface area contributed by atoms with Crippen LogP contribution in [0.5, 0.6) is 0 Å². The number of methoxy groups -OCH3 is 2. The van der Waals surface area contributed by atoms with E-state index in [1.807, 2.05) is 57.2 Å². The van der Waals surface area contributed by atoms with E-state index in [1.54, 1.807) is 65.1 Å². The lowest BCUT2D eigenvalue weighted by atomic mass is 9.78. The molecule has 15 atom stereocenters. The molecule has 3 heterocycles. The minimum Gasteiger partial charge on any atom is -0.460 e. The number of anilines is 1. The Morgan fingerprint density at radius 1 is 0.919 bits per heavy atom. The van der Waals surface area contributed by atoms with Crippen LogP contribution in [0.4, 0.5) is 18.9 Å². The molecule has 0 radical (unpaired) electrons. The molecule has 2 aromatic carbocycles. The Kier molecular flexibility index (Phi) is 25.2. The predicted molar refractivity (Wildman–Crippen MR) is 322 cm³/mol. The van der Waals surface area contributed by atoms with Crippen molar-refractivity contribution in [2.24, 2.45) is 41.2 Å². The number of halogens is 3. The third kappa shape index (κ3) is 17.9. The molecule has 6 rings (SSSR count). The van der Waals surface area contributed by atoms with Crippen molar-refractivity contribution in [1.82, 2.24) is 4.90 Å². The van der Waals surface area contributed by atoms with E-state index in [4.69, 9.17) is 24.7 Å². The van der Waals surface area contributed by atoms with Gasteiger partial charge in [0.2, 0.25) is 5.79 Å². The normalized spacial score (nSPS) is 33.8. The molecular formula is C66H87F3N4O12S. The Morgan fingerprint density at radius 3 is 2.30 bits per heavy atom. The van der Waals surface area contributed by atoms with E-state index in [9.17, 15) is 57.7 Å². The summed E-state index contributed by atoms with van der Waals surface area (Å²) in [6.07, 6.45) is 5.23. The monoisotopic (exact) mass is 1220 g/mol. The Bertz CT molecular complexity index is 2900. The van der Waals surface area contributed by atoms with Crippen LogP contribution in [0.2, 0.25) is 0 Å². The number of piperidine rings is 1. The van der Waals surface area contributed by atoms with Gasteiger partial charge in [-0.15, -0.1) is 0 Å². The van der Waals surface area contributed by atoms with Gasteiger partial charge in [0.25, 0.3) is 11.7 Å². The molecule has 4 aliphatic rings. The summed E-state index contributed by atoms with van der Waals surface area (Å²) >= 11 is 0.916. The van der Waals surface area contributed by atoms with E-state index < -0.39 is 108 Å². The molecule has 3 aliphatic heterocycles. The van der Waals surface area contributed by atoms with Gasteiger partial charge in [0.1, 0.15) is 36.2 Å². The van der Waals surface area contributed by atoms with Gasteiger partial charge in [0, 0.05) is 61.1 Å². The number of allylic oxidation sites excluding steroid dienone is 7. The van der Waals surface area contributed by atoms with Crippen molar-refractivity contribution >= 4 is 52.2 Å². The van der Waals surface area contributed by atoms with Crippen molar-refractivity contribution in [3.8, 4) is 6.07 Å². The molecule has 1 aliphatic carbocycles. The highest BCUT2D eigenvalue weighted by Crippen LogP contribution is 2.41. The van der Waals surface area contributed by atoms with Crippen molar-refractivity contribution in [3.63, 3.8) is 0 Å². The highest BCUT2D eigenvalue weighted by molar-refractivity contribution is 8.03. The van der Waals surface area contributed by atoms with Crippen LogP contribution in [0, 0.1) is 46.8 Å². The van der Waals surface area contributed by atoms with Crippen LogP contribution < -0.4 is 11.1 Å². The number of aliphatic hydroxyl groups excluding tert-OH is 2. The lowest BCUT2D eigenvalue weighted by molar-refractivity contribution is -0.264. The van der Waals surface area contributed by atoms with Gasteiger partial charge in [-0.25, -0.2) is 4.79 Å². The van der Waals surface area contributed by atoms with E-state index >= 15 is 0 Å². The zero-order valence-corrected chi connectivity index (χ0v) is 51.7. The Morgan fingerprint density at radius 2 is 1.63 bits per heavy atom. The highest BCUT2D eigenvalue weighted by atomic mass is 32.2. The summed E-state index contributed by atoms with van der Waals surface area (Å²) in [6.45, 7) is 12.4. The summed E-state index contributed by atoms with van der Waals surface area (Å²) in [7, 11) is 2.90. The first-order valence-corrected chi connectivity index (χ1v) is 30.8. The fourth-order valence-corrected chi connectivity index (χ4v) is 13.1. The maximum absolute atomic E-state index is 14.8. The first-order valence-electron chi connectivity index (χ1n) is 29.9. The quantitative estimate of drug-likeness (QED) is 0.0488. The van der Waals surface area contributed by atoms with Crippen LogP contribution in [-0.2, 0) is 49.1 Å². The summed E-state index contributed by atoms with van der Waals surface area (Å²) in [5.74, 6) is -9.02. The number of nitrogens with one attached hydrogen (secondary N) is 1. The second-order valence-corrected chi connectivity index (χ2v) is 25.2. The van der Waals surface area contributed by atoms with E-state index in [0.29, 0.717) is 73.9 Å².